The van der Waals surface area contributed by atoms with Crippen molar-refractivity contribution in [2.24, 2.45) is 11.8 Å². The summed E-state index contributed by atoms with van der Waals surface area (Å²) in [5.74, 6) is 0.823. The number of carbonyl (C=O) groups is 3. The van der Waals surface area contributed by atoms with Gasteiger partial charge in [0, 0.05) is 73.9 Å². The molecule has 0 spiro atoms. The summed E-state index contributed by atoms with van der Waals surface area (Å²) < 4.78 is 24.2. The van der Waals surface area contributed by atoms with E-state index in [4.69, 9.17) is 15.6 Å². The molecule has 0 radical (unpaired) electrons. The number of anilines is 2. The lowest BCUT2D eigenvalue weighted by Crippen LogP contribution is -2.52. The number of imidazole rings is 1. The van der Waals surface area contributed by atoms with E-state index in [-0.39, 0.29) is 35.8 Å². The molecule has 9 rings (SSSR count). The molecule has 3 saturated heterocycles. The largest absolute Gasteiger partial charge is 0.482 e. The highest BCUT2D eigenvalue weighted by molar-refractivity contribution is 6.05. The Kier molecular flexibility index (Phi) is 11.3. The smallest absolute Gasteiger partial charge is 0.255 e. The number of piperidine rings is 3. The van der Waals surface area contributed by atoms with Crippen LogP contribution < -0.4 is 20.7 Å². The fourth-order valence-corrected chi connectivity index (χ4v) is 9.57. The third-order valence-electron chi connectivity index (χ3n) is 13.0. The number of imide groups is 1. The number of amides is 3. The molecule has 3 N–H and O–H groups in total. The number of likely N-dealkylation sites (tertiary alicyclic amines) is 1. The molecule has 5 aromatic rings. The summed E-state index contributed by atoms with van der Waals surface area (Å²) in [6.07, 6.45) is 12.4. The number of aromatic nitrogens is 5. The molecule has 15 heteroatoms. The van der Waals surface area contributed by atoms with Crippen LogP contribution in [0.15, 0.2) is 73.4 Å². The number of hydrogen-bond acceptors (Lipinski definition) is 10. The fourth-order valence-electron chi connectivity index (χ4n) is 9.57. The van der Waals surface area contributed by atoms with E-state index in [9.17, 15) is 18.8 Å². The molecule has 318 valence electrons. The van der Waals surface area contributed by atoms with Gasteiger partial charge in [-0.15, -0.1) is 0 Å². The quantitative estimate of drug-likeness (QED) is 0.149. The van der Waals surface area contributed by atoms with Gasteiger partial charge in [0.05, 0.1) is 30.5 Å². The van der Waals surface area contributed by atoms with E-state index in [1.807, 2.05) is 50.6 Å². The first kappa shape index (κ1) is 40.3. The Bertz CT molecular complexity index is 2430. The molecular formula is C46H53FN10O4. The summed E-state index contributed by atoms with van der Waals surface area (Å²) in [5.41, 5.74) is 13.4. The van der Waals surface area contributed by atoms with Crippen molar-refractivity contribution in [3.63, 3.8) is 0 Å². The molecule has 2 atom stereocenters. The Morgan fingerprint density at radius 2 is 1.72 bits per heavy atom. The number of hydrogen-bond donors (Lipinski definition) is 2. The maximum Gasteiger partial charge on any atom is 0.255 e. The first-order valence-corrected chi connectivity index (χ1v) is 21.5. The Morgan fingerprint density at radius 1 is 0.934 bits per heavy atom. The SMILES string of the molecule is Cc1ncn(Cc2cnn(CC3CCN(CC4CCN(c5ccc6c(c5)CN(C5CCC(=O)NC5=O)C6=O)CC4)CC3)c2)c1-c1cnc(N)c(O[C@H](C)c2cccc(F)c2)c1. The molecule has 3 fully saturated rings. The highest BCUT2D eigenvalue weighted by atomic mass is 19.1. The third kappa shape index (κ3) is 8.74. The van der Waals surface area contributed by atoms with E-state index >= 15 is 0 Å². The number of rotatable bonds is 12. The molecule has 0 saturated carbocycles. The maximum atomic E-state index is 13.9. The molecule has 2 aromatic carbocycles. The van der Waals surface area contributed by atoms with Gasteiger partial charge in [-0.3, -0.25) is 24.4 Å². The summed E-state index contributed by atoms with van der Waals surface area (Å²) in [5, 5.41) is 7.13. The van der Waals surface area contributed by atoms with Gasteiger partial charge in [0.2, 0.25) is 11.8 Å². The molecule has 4 aliphatic heterocycles. The second kappa shape index (κ2) is 17.1. The molecule has 3 aromatic heterocycles. The van der Waals surface area contributed by atoms with Gasteiger partial charge >= 0.3 is 0 Å². The van der Waals surface area contributed by atoms with Crippen LogP contribution in [0.25, 0.3) is 11.3 Å². The monoisotopic (exact) mass is 828 g/mol. The van der Waals surface area contributed by atoms with Crippen molar-refractivity contribution in [2.75, 3.05) is 43.4 Å². The van der Waals surface area contributed by atoms with Crippen molar-refractivity contribution >= 4 is 29.2 Å². The van der Waals surface area contributed by atoms with Crippen LogP contribution in [0.2, 0.25) is 0 Å². The van der Waals surface area contributed by atoms with Crippen molar-refractivity contribution in [1.29, 1.82) is 0 Å². The van der Waals surface area contributed by atoms with Gasteiger partial charge in [-0.25, -0.2) is 14.4 Å². The Hall–Kier alpha value is -6.09. The first-order valence-electron chi connectivity index (χ1n) is 21.5. The number of pyridine rings is 1. The highest BCUT2D eigenvalue weighted by Gasteiger charge is 2.39. The predicted octanol–water partition coefficient (Wildman–Crippen LogP) is 5.75. The summed E-state index contributed by atoms with van der Waals surface area (Å²) in [6.45, 7) is 11.0. The fraction of sp³-hybridized carbons (Fsp3) is 0.435. The zero-order valence-electron chi connectivity index (χ0n) is 34.8. The van der Waals surface area contributed by atoms with Crippen molar-refractivity contribution < 1.29 is 23.5 Å². The van der Waals surface area contributed by atoms with Gasteiger partial charge < -0.3 is 29.7 Å². The van der Waals surface area contributed by atoms with Crippen molar-refractivity contribution in [3.8, 4) is 17.0 Å². The zero-order chi connectivity index (χ0) is 42.2. The van der Waals surface area contributed by atoms with E-state index in [1.165, 1.54) is 12.1 Å². The molecule has 0 bridgehead atoms. The van der Waals surface area contributed by atoms with Crippen LogP contribution in [0.5, 0.6) is 5.75 Å². The number of aryl methyl sites for hydroxylation is 1. The molecule has 61 heavy (non-hydrogen) atoms. The minimum atomic E-state index is -0.596. The van der Waals surface area contributed by atoms with E-state index in [1.54, 1.807) is 17.2 Å². The summed E-state index contributed by atoms with van der Waals surface area (Å²) in [6, 6.07) is 13.7. The molecular weight excluding hydrogens is 776 g/mol. The van der Waals surface area contributed by atoms with Crippen LogP contribution in [0, 0.1) is 24.6 Å². The van der Waals surface area contributed by atoms with Gasteiger partial charge in [-0.1, -0.05) is 12.1 Å². The number of fused-ring (bicyclic) bond motifs is 1. The number of benzene rings is 2. The average Bonchev–Trinajstić information content (AvgIpc) is 3.95. The molecule has 4 aliphatic rings. The van der Waals surface area contributed by atoms with E-state index < -0.39 is 12.1 Å². The van der Waals surface area contributed by atoms with Crippen LogP contribution in [0.3, 0.4) is 0 Å². The normalized spacial score (nSPS) is 19.7. The number of nitrogens with two attached hydrogens (primary N) is 1. The molecule has 7 heterocycles. The lowest BCUT2D eigenvalue weighted by atomic mass is 9.92. The standard InChI is InChI=1S/C46H53FN10O4/c1-29-43(35-20-41(44(48)49-22-35)61-30(2)34-4-3-5-37(47)18-34)55(28-50-29)24-33-21-51-56(26-33)25-32-10-14-53(15-11-32)23-31-12-16-54(17-13-31)38-6-7-39-36(19-38)27-57(46(39)60)40-8-9-42(58)52-45(40)59/h3-7,18-22,26,28,30-32,40H,8-17,23-25,27H2,1-2H3,(H2,48,49)(H,52,58,59)/t30-,40?/m1/s1. The molecule has 14 nitrogen and oxygen atoms in total. The predicted molar refractivity (Wildman–Crippen MR) is 228 cm³/mol. The van der Waals surface area contributed by atoms with Gasteiger partial charge in [0.1, 0.15) is 18.0 Å². The minimum absolute atomic E-state index is 0.130. The van der Waals surface area contributed by atoms with Crippen LogP contribution in [-0.2, 0) is 29.2 Å². The number of nitrogen functional groups attached to an aromatic ring is 1. The average molecular weight is 829 g/mol. The van der Waals surface area contributed by atoms with Crippen LogP contribution >= 0.6 is 0 Å². The van der Waals surface area contributed by atoms with Gasteiger partial charge in [-0.2, -0.15) is 5.10 Å². The Labute approximate surface area is 354 Å². The summed E-state index contributed by atoms with van der Waals surface area (Å²) in [4.78, 5) is 53.0. The first-order chi connectivity index (χ1) is 29.5. The van der Waals surface area contributed by atoms with Crippen molar-refractivity contribution in [2.45, 2.75) is 84.2 Å². The Balaban J connectivity index is 0.737. The number of nitrogens with zero attached hydrogens (tertiary/aromatic N) is 8. The van der Waals surface area contributed by atoms with Gasteiger partial charge in [0.15, 0.2) is 11.6 Å². The zero-order valence-corrected chi connectivity index (χ0v) is 34.8. The third-order valence-corrected chi connectivity index (χ3v) is 13.0. The molecule has 0 aliphatic carbocycles. The highest BCUT2D eigenvalue weighted by Crippen LogP contribution is 2.34. The topological polar surface area (TPSA) is 157 Å². The Morgan fingerprint density at radius 3 is 2.51 bits per heavy atom. The van der Waals surface area contributed by atoms with E-state index in [2.05, 4.69) is 46.6 Å². The number of halogens is 1. The van der Waals surface area contributed by atoms with Crippen LogP contribution in [0.4, 0.5) is 15.9 Å². The van der Waals surface area contributed by atoms with Crippen molar-refractivity contribution in [3.05, 3.63) is 107 Å². The van der Waals surface area contributed by atoms with Crippen LogP contribution in [-0.4, -0.2) is 90.6 Å². The van der Waals surface area contributed by atoms with E-state index in [0.717, 1.165) is 98.7 Å². The van der Waals surface area contributed by atoms with Crippen LogP contribution in [0.1, 0.15) is 84.3 Å². The second-order valence-corrected chi connectivity index (χ2v) is 17.2. The second-order valence-electron chi connectivity index (χ2n) is 17.2. The summed E-state index contributed by atoms with van der Waals surface area (Å²) >= 11 is 0. The van der Waals surface area contributed by atoms with Gasteiger partial charge in [0.25, 0.3) is 5.91 Å². The van der Waals surface area contributed by atoms with Crippen molar-refractivity contribution in [1.82, 2.24) is 39.4 Å². The summed E-state index contributed by atoms with van der Waals surface area (Å²) in [7, 11) is 0. The minimum Gasteiger partial charge on any atom is -0.482 e. The maximum absolute atomic E-state index is 13.9. The lowest BCUT2D eigenvalue weighted by molar-refractivity contribution is -0.136. The number of carbonyl (C=O) groups excluding carboxylic acids is 3. The number of nitrogens with one attached hydrogen (secondary N) is 1. The molecule has 3 amide bonds. The lowest BCUT2D eigenvalue weighted by Gasteiger charge is -2.38. The van der Waals surface area contributed by atoms with E-state index in [0.29, 0.717) is 48.2 Å². The van der Waals surface area contributed by atoms with Gasteiger partial charge in [-0.05, 0) is 118 Å². The molecule has 1 unspecified atom stereocenters. The number of ether oxygens (including phenoxy) is 1.